The molecule has 0 saturated heterocycles. The molecule has 3 aromatic rings. The van der Waals surface area contributed by atoms with Gasteiger partial charge < -0.3 is 20.1 Å². The predicted octanol–water partition coefficient (Wildman–Crippen LogP) is 4.72. The number of aromatic amines is 1. The van der Waals surface area contributed by atoms with E-state index < -0.39 is 6.09 Å². The van der Waals surface area contributed by atoms with Crippen LogP contribution in [0.5, 0.6) is 11.6 Å². The molecule has 0 spiro atoms. The summed E-state index contributed by atoms with van der Waals surface area (Å²) in [5.74, 6) is -0.129. The lowest BCUT2D eigenvalue weighted by atomic mass is 10.2. The summed E-state index contributed by atoms with van der Waals surface area (Å²) in [7, 11) is 0. The number of nitrogens with one attached hydrogen (secondary N) is 2. The number of ether oxygens (including phenoxy) is 1. The van der Waals surface area contributed by atoms with Crippen molar-refractivity contribution in [3.63, 3.8) is 0 Å². The van der Waals surface area contributed by atoms with Crippen LogP contribution in [0.25, 0.3) is 10.9 Å². The molecule has 0 atom stereocenters. The van der Waals surface area contributed by atoms with Crippen LogP contribution >= 0.6 is 22.6 Å². The maximum atomic E-state index is 11.8. The summed E-state index contributed by atoms with van der Waals surface area (Å²) in [6, 6.07) is 11.7. The molecule has 8 nitrogen and oxygen atoms in total. The summed E-state index contributed by atoms with van der Waals surface area (Å²) in [5, 5.41) is 20.5. The fourth-order valence-corrected chi connectivity index (χ4v) is 2.75. The number of aromatic hydroxyl groups is 1. The number of azo groups is 1. The number of hydrogen-bond donors (Lipinski definition) is 3. The number of benzene rings is 2. The minimum Gasteiger partial charge on any atom is -0.493 e. The summed E-state index contributed by atoms with van der Waals surface area (Å²) in [6.45, 7) is 1.40. The van der Waals surface area contributed by atoms with E-state index in [2.05, 4.69) is 43.1 Å². The van der Waals surface area contributed by atoms with Crippen LogP contribution in [0.4, 0.5) is 16.2 Å². The number of anilines is 1. The summed E-state index contributed by atoms with van der Waals surface area (Å²) >= 11 is 2.13. The molecule has 3 rings (SSSR count). The number of halogens is 1. The molecule has 9 heteroatoms. The van der Waals surface area contributed by atoms with Gasteiger partial charge in [0.05, 0.1) is 5.52 Å². The normalized spacial score (nSPS) is 11.0. The highest BCUT2D eigenvalue weighted by atomic mass is 127. The molecular formula is C17H13IN4O4. The van der Waals surface area contributed by atoms with Gasteiger partial charge in [0, 0.05) is 21.6 Å². The number of carbonyl (C=O) groups is 2. The zero-order valence-corrected chi connectivity index (χ0v) is 15.6. The first kappa shape index (κ1) is 17.9. The molecule has 3 N–H and O–H groups in total. The Morgan fingerprint density at radius 3 is 2.62 bits per heavy atom. The van der Waals surface area contributed by atoms with Gasteiger partial charge >= 0.3 is 6.09 Å². The number of rotatable bonds is 3. The van der Waals surface area contributed by atoms with Crippen molar-refractivity contribution >= 4 is 56.9 Å². The molecule has 2 aromatic carbocycles. The van der Waals surface area contributed by atoms with E-state index in [-0.39, 0.29) is 23.2 Å². The maximum absolute atomic E-state index is 11.8. The lowest BCUT2D eigenvalue weighted by molar-refractivity contribution is -0.114. The van der Waals surface area contributed by atoms with Crippen LogP contribution in [0.1, 0.15) is 6.92 Å². The van der Waals surface area contributed by atoms with Crippen molar-refractivity contribution in [1.29, 1.82) is 0 Å². The average molecular weight is 464 g/mol. The Balaban J connectivity index is 1.73. The number of H-pyrrole nitrogens is 1. The SMILES string of the molecule is CC(=O)Nc1ccc(OC(=O)N=Nc2c(O)[nH]c3ccc(I)cc23)cc1. The van der Waals surface area contributed by atoms with Crippen LogP contribution in [0, 0.1) is 3.57 Å². The number of amides is 2. The van der Waals surface area contributed by atoms with E-state index in [4.69, 9.17) is 4.74 Å². The summed E-state index contributed by atoms with van der Waals surface area (Å²) in [5.41, 5.74) is 1.42. The topological polar surface area (TPSA) is 116 Å². The fraction of sp³-hybridized carbons (Fsp3) is 0.0588. The highest BCUT2D eigenvalue weighted by Crippen LogP contribution is 2.36. The van der Waals surface area contributed by atoms with Gasteiger partial charge in [-0.3, -0.25) is 4.79 Å². The Morgan fingerprint density at radius 2 is 1.92 bits per heavy atom. The molecule has 26 heavy (non-hydrogen) atoms. The van der Waals surface area contributed by atoms with E-state index in [1.807, 2.05) is 12.1 Å². The van der Waals surface area contributed by atoms with Gasteiger partial charge in [-0.1, -0.05) is 5.11 Å². The van der Waals surface area contributed by atoms with Crippen LogP contribution in [-0.4, -0.2) is 22.1 Å². The van der Waals surface area contributed by atoms with Gasteiger partial charge in [0.25, 0.3) is 0 Å². The van der Waals surface area contributed by atoms with Crippen molar-refractivity contribution in [1.82, 2.24) is 4.98 Å². The van der Waals surface area contributed by atoms with E-state index in [1.165, 1.54) is 19.1 Å². The largest absolute Gasteiger partial charge is 0.493 e. The summed E-state index contributed by atoms with van der Waals surface area (Å²) < 4.78 is 5.99. The fourth-order valence-electron chi connectivity index (χ4n) is 2.26. The molecule has 0 aliphatic carbocycles. The van der Waals surface area contributed by atoms with Crippen LogP contribution in [0.15, 0.2) is 52.7 Å². The number of carbonyl (C=O) groups excluding carboxylic acids is 2. The molecule has 0 radical (unpaired) electrons. The van der Waals surface area contributed by atoms with Crippen molar-refractivity contribution in [2.24, 2.45) is 10.2 Å². The standard InChI is InChI=1S/C17H13IN4O4/c1-9(23)19-11-3-5-12(6-4-11)26-17(25)22-21-15-13-8-10(18)2-7-14(13)20-16(15)24/h2-8,20,24H,1H3,(H,19,23). The van der Waals surface area contributed by atoms with Crippen molar-refractivity contribution in [3.05, 3.63) is 46.0 Å². The lowest BCUT2D eigenvalue weighted by Crippen LogP contribution is -2.06. The monoisotopic (exact) mass is 464 g/mol. The Kier molecular flexibility index (Phi) is 5.16. The Labute approximate surface area is 161 Å². The Bertz CT molecular complexity index is 1010. The molecule has 1 aromatic heterocycles. The highest BCUT2D eigenvalue weighted by molar-refractivity contribution is 14.1. The van der Waals surface area contributed by atoms with Gasteiger partial charge in [0.1, 0.15) is 5.75 Å². The van der Waals surface area contributed by atoms with Crippen molar-refractivity contribution < 1.29 is 19.4 Å². The third kappa shape index (κ3) is 4.17. The maximum Gasteiger partial charge on any atom is 0.457 e. The second-order valence-electron chi connectivity index (χ2n) is 5.29. The molecule has 0 bridgehead atoms. The van der Waals surface area contributed by atoms with Crippen LogP contribution in [0.2, 0.25) is 0 Å². The Hall–Kier alpha value is -2.95. The molecule has 0 aliphatic heterocycles. The van der Waals surface area contributed by atoms with Gasteiger partial charge in [-0.25, -0.2) is 4.79 Å². The number of fused-ring (bicyclic) bond motifs is 1. The van der Waals surface area contributed by atoms with E-state index in [1.54, 1.807) is 18.2 Å². The molecule has 0 aliphatic rings. The van der Waals surface area contributed by atoms with Crippen LogP contribution < -0.4 is 10.1 Å². The smallest absolute Gasteiger partial charge is 0.457 e. The molecule has 2 amide bonds. The highest BCUT2D eigenvalue weighted by Gasteiger charge is 2.12. The first-order chi connectivity index (χ1) is 12.4. The Morgan fingerprint density at radius 1 is 1.19 bits per heavy atom. The van der Waals surface area contributed by atoms with Crippen LogP contribution in [0.3, 0.4) is 0 Å². The number of nitrogens with zero attached hydrogens (tertiary/aromatic N) is 2. The zero-order chi connectivity index (χ0) is 18.7. The van der Waals surface area contributed by atoms with Crippen molar-refractivity contribution in [3.8, 4) is 11.6 Å². The average Bonchev–Trinajstić information content (AvgIpc) is 2.89. The van der Waals surface area contributed by atoms with Crippen LogP contribution in [-0.2, 0) is 4.79 Å². The third-order valence-electron chi connectivity index (χ3n) is 3.33. The second kappa shape index (κ2) is 7.52. The number of hydrogen-bond acceptors (Lipinski definition) is 5. The molecule has 0 saturated carbocycles. The molecular weight excluding hydrogens is 451 g/mol. The van der Waals surface area contributed by atoms with E-state index in [0.29, 0.717) is 16.6 Å². The van der Waals surface area contributed by atoms with E-state index in [0.717, 1.165) is 3.57 Å². The van der Waals surface area contributed by atoms with E-state index >= 15 is 0 Å². The molecule has 0 unspecified atom stereocenters. The van der Waals surface area contributed by atoms with Gasteiger partial charge in [-0.2, -0.15) is 0 Å². The van der Waals surface area contributed by atoms with Crippen molar-refractivity contribution in [2.45, 2.75) is 6.92 Å². The first-order valence-electron chi connectivity index (χ1n) is 7.44. The summed E-state index contributed by atoms with van der Waals surface area (Å²) in [6.07, 6.45) is -0.934. The van der Waals surface area contributed by atoms with Gasteiger partial charge in [-0.15, -0.1) is 5.11 Å². The minimum atomic E-state index is -0.934. The van der Waals surface area contributed by atoms with Gasteiger partial charge in [0.2, 0.25) is 11.8 Å². The summed E-state index contributed by atoms with van der Waals surface area (Å²) in [4.78, 5) is 25.6. The molecule has 0 fully saturated rings. The first-order valence-corrected chi connectivity index (χ1v) is 8.51. The molecule has 1 heterocycles. The predicted molar refractivity (Wildman–Crippen MR) is 104 cm³/mol. The zero-order valence-electron chi connectivity index (χ0n) is 13.5. The second-order valence-corrected chi connectivity index (χ2v) is 6.53. The quantitative estimate of drug-likeness (QED) is 0.384. The number of aromatic nitrogens is 1. The van der Waals surface area contributed by atoms with E-state index in [9.17, 15) is 14.7 Å². The minimum absolute atomic E-state index is 0.163. The molecule has 132 valence electrons. The van der Waals surface area contributed by atoms with Crippen molar-refractivity contribution in [2.75, 3.05) is 5.32 Å². The van der Waals surface area contributed by atoms with Gasteiger partial charge in [0.15, 0.2) is 5.69 Å². The lowest BCUT2D eigenvalue weighted by Gasteiger charge is -2.03. The third-order valence-corrected chi connectivity index (χ3v) is 4.00. The van der Waals surface area contributed by atoms with Gasteiger partial charge in [-0.05, 0) is 65.1 Å².